The fourth-order valence-electron chi connectivity index (χ4n) is 2.85. The molecule has 2 rings (SSSR count). The Labute approximate surface area is 116 Å². The summed E-state index contributed by atoms with van der Waals surface area (Å²) in [6.45, 7) is 3.90. The van der Waals surface area contributed by atoms with Crippen molar-refractivity contribution >= 4 is 0 Å². The molecule has 0 aliphatic carbocycles. The molecule has 1 aliphatic heterocycles. The van der Waals surface area contributed by atoms with Crippen molar-refractivity contribution in [3.63, 3.8) is 0 Å². The normalized spacial score (nSPS) is 19.5. The largest absolute Gasteiger partial charge is 0.388 e. The number of likely N-dealkylation sites (tertiary alicyclic amines) is 1. The highest BCUT2D eigenvalue weighted by Crippen LogP contribution is 2.21. The zero-order valence-corrected chi connectivity index (χ0v) is 11.9. The van der Waals surface area contributed by atoms with Gasteiger partial charge >= 0.3 is 0 Å². The van der Waals surface area contributed by atoms with Gasteiger partial charge in [0.05, 0.1) is 5.60 Å². The number of aliphatic hydroxyl groups is 1. The first-order valence-corrected chi connectivity index (χ1v) is 7.35. The molecule has 0 unspecified atom stereocenters. The molecule has 0 saturated carbocycles. The van der Waals surface area contributed by atoms with Gasteiger partial charge in [-0.05, 0) is 44.8 Å². The van der Waals surface area contributed by atoms with Crippen molar-refractivity contribution in [2.75, 3.05) is 33.2 Å². The number of rotatable bonds is 6. The number of hydrogen-bond donors (Lipinski definition) is 2. The Kier molecular flexibility index (Phi) is 5.37. The van der Waals surface area contributed by atoms with E-state index in [1.807, 2.05) is 7.05 Å². The first kappa shape index (κ1) is 14.5. The Hall–Kier alpha value is -0.900. The van der Waals surface area contributed by atoms with E-state index in [-0.39, 0.29) is 0 Å². The van der Waals surface area contributed by atoms with E-state index in [4.69, 9.17) is 0 Å². The molecule has 0 aromatic heterocycles. The molecule has 0 bridgehead atoms. The summed E-state index contributed by atoms with van der Waals surface area (Å²) in [6, 6.07) is 10.7. The monoisotopic (exact) mass is 262 g/mol. The molecule has 1 heterocycles. The van der Waals surface area contributed by atoms with Gasteiger partial charge in [-0.3, -0.25) is 0 Å². The fourth-order valence-corrected chi connectivity index (χ4v) is 2.85. The summed E-state index contributed by atoms with van der Waals surface area (Å²) in [6.07, 6.45) is 4.13. The van der Waals surface area contributed by atoms with E-state index in [0.29, 0.717) is 6.54 Å². The van der Waals surface area contributed by atoms with Crippen LogP contribution < -0.4 is 5.32 Å². The van der Waals surface area contributed by atoms with Gasteiger partial charge in [0.25, 0.3) is 0 Å². The van der Waals surface area contributed by atoms with Crippen molar-refractivity contribution in [3.8, 4) is 0 Å². The van der Waals surface area contributed by atoms with Crippen molar-refractivity contribution in [2.24, 2.45) is 0 Å². The summed E-state index contributed by atoms with van der Waals surface area (Å²) >= 11 is 0. The second kappa shape index (κ2) is 7.04. The third kappa shape index (κ3) is 4.60. The Bertz CT molecular complexity index is 358. The van der Waals surface area contributed by atoms with Crippen LogP contribution in [-0.2, 0) is 6.42 Å². The molecular formula is C16H26N2O. The number of aryl methyl sites for hydroxylation is 1. The summed E-state index contributed by atoms with van der Waals surface area (Å²) < 4.78 is 0. The number of nitrogens with one attached hydrogen (secondary N) is 1. The standard InChI is InChI=1S/C16H26N2O/c1-17-14-16(19)9-12-18(13-10-16)11-5-8-15-6-3-2-4-7-15/h2-4,6-7,17,19H,5,8-14H2,1H3. The van der Waals surface area contributed by atoms with Crippen LogP contribution in [0.15, 0.2) is 30.3 Å². The molecule has 1 aromatic carbocycles. The van der Waals surface area contributed by atoms with Gasteiger partial charge in [-0.2, -0.15) is 0 Å². The molecule has 2 N–H and O–H groups in total. The molecular weight excluding hydrogens is 236 g/mol. The van der Waals surface area contributed by atoms with E-state index in [9.17, 15) is 5.11 Å². The Morgan fingerprint density at radius 1 is 1.21 bits per heavy atom. The minimum atomic E-state index is -0.481. The van der Waals surface area contributed by atoms with Gasteiger partial charge < -0.3 is 15.3 Å². The molecule has 1 aromatic rings. The van der Waals surface area contributed by atoms with Gasteiger partial charge in [0.2, 0.25) is 0 Å². The zero-order chi connectivity index (χ0) is 13.6. The zero-order valence-electron chi connectivity index (χ0n) is 11.9. The number of nitrogens with zero attached hydrogens (tertiary/aromatic N) is 1. The molecule has 0 atom stereocenters. The van der Waals surface area contributed by atoms with Crippen LogP contribution in [0, 0.1) is 0 Å². The van der Waals surface area contributed by atoms with Crippen LogP contribution in [0.2, 0.25) is 0 Å². The van der Waals surface area contributed by atoms with Crippen molar-refractivity contribution in [2.45, 2.75) is 31.3 Å². The highest BCUT2D eigenvalue weighted by Gasteiger charge is 2.31. The van der Waals surface area contributed by atoms with Gasteiger partial charge in [-0.25, -0.2) is 0 Å². The van der Waals surface area contributed by atoms with Crippen LogP contribution in [0.3, 0.4) is 0 Å². The summed E-state index contributed by atoms with van der Waals surface area (Å²) in [7, 11) is 1.91. The number of piperidine rings is 1. The molecule has 3 heteroatoms. The minimum absolute atomic E-state index is 0.481. The molecule has 1 fully saturated rings. The summed E-state index contributed by atoms with van der Waals surface area (Å²) in [5.74, 6) is 0. The lowest BCUT2D eigenvalue weighted by atomic mass is 9.91. The molecule has 1 saturated heterocycles. The predicted molar refractivity (Wildman–Crippen MR) is 79.3 cm³/mol. The van der Waals surface area contributed by atoms with Gasteiger partial charge in [0.1, 0.15) is 0 Å². The van der Waals surface area contributed by atoms with Gasteiger partial charge in [-0.15, -0.1) is 0 Å². The van der Waals surface area contributed by atoms with Gasteiger partial charge in [0.15, 0.2) is 0 Å². The lowest BCUT2D eigenvalue weighted by molar-refractivity contribution is -0.0186. The maximum atomic E-state index is 10.3. The summed E-state index contributed by atoms with van der Waals surface area (Å²) in [5.41, 5.74) is 0.941. The van der Waals surface area contributed by atoms with E-state index < -0.39 is 5.60 Å². The van der Waals surface area contributed by atoms with Crippen LogP contribution in [0.1, 0.15) is 24.8 Å². The number of hydrogen-bond acceptors (Lipinski definition) is 3. The topological polar surface area (TPSA) is 35.5 Å². The average Bonchev–Trinajstić information content (AvgIpc) is 2.43. The maximum absolute atomic E-state index is 10.3. The van der Waals surface area contributed by atoms with Crippen LogP contribution in [0.25, 0.3) is 0 Å². The lowest BCUT2D eigenvalue weighted by Gasteiger charge is -2.38. The predicted octanol–water partition coefficient (Wildman–Crippen LogP) is 1.67. The minimum Gasteiger partial charge on any atom is -0.388 e. The van der Waals surface area contributed by atoms with Crippen molar-refractivity contribution < 1.29 is 5.11 Å². The first-order valence-electron chi connectivity index (χ1n) is 7.35. The molecule has 0 spiro atoms. The molecule has 0 radical (unpaired) electrons. The average molecular weight is 262 g/mol. The quantitative estimate of drug-likeness (QED) is 0.818. The molecule has 19 heavy (non-hydrogen) atoms. The maximum Gasteiger partial charge on any atom is 0.0795 e. The van der Waals surface area contributed by atoms with Crippen LogP contribution >= 0.6 is 0 Å². The van der Waals surface area contributed by atoms with E-state index >= 15 is 0 Å². The van der Waals surface area contributed by atoms with E-state index in [2.05, 4.69) is 40.5 Å². The van der Waals surface area contributed by atoms with Crippen LogP contribution in [-0.4, -0.2) is 48.8 Å². The smallest absolute Gasteiger partial charge is 0.0795 e. The van der Waals surface area contributed by atoms with E-state index in [1.54, 1.807) is 0 Å². The second-order valence-electron chi connectivity index (χ2n) is 5.69. The number of likely N-dealkylation sites (N-methyl/N-ethyl adjacent to an activating group) is 1. The number of benzene rings is 1. The van der Waals surface area contributed by atoms with Crippen molar-refractivity contribution in [1.29, 1.82) is 0 Å². The molecule has 1 aliphatic rings. The Balaban J connectivity index is 1.66. The summed E-state index contributed by atoms with van der Waals surface area (Å²) in [4.78, 5) is 2.48. The second-order valence-corrected chi connectivity index (χ2v) is 5.69. The van der Waals surface area contributed by atoms with Crippen LogP contribution in [0.4, 0.5) is 0 Å². The fraction of sp³-hybridized carbons (Fsp3) is 0.625. The third-order valence-corrected chi connectivity index (χ3v) is 4.08. The molecule has 3 nitrogen and oxygen atoms in total. The highest BCUT2D eigenvalue weighted by atomic mass is 16.3. The molecule has 106 valence electrons. The third-order valence-electron chi connectivity index (χ3n) is 4.08. The summed E-state index contributed by atoms with van der Waals surface area (Å²) in [5, 5.41) is 13.4. The molecule has 0 amide bonds. The first-order chi connectivity index (χ1) is 9.22. The SMILES string of the molecule is CNCC1(O)CCN(CCCc2ccccc2)CC1. The van der Waals surface area contributed by atoms with Crippen molar-refractivity contribution in [3.05, 3.63) is 35.9 Å². The van der Waals surface area contributed by atoms with E-state index in [1.165, 1.54) is 12.0 Å². The van der Waals surface area contributed by atoms with Crippen LogP contribution in [0.5, 0.6) is 0 Å². The van der Waals surface area contributed by atoms with Gasteiger partial charge in [0, 0.05) is 19.6 Å². The lowest BCUT2D eigenvalue weighted by Crippen LogP contribution is -2.49. The Morgan fingerprint density at radius 2 is 1.89 bits per heavy atom. The van der Waals surface area contributed by atoms with Crippen molar-refractivity contribution in [1.82, 2.24) is 10.2 Å². The highest BCUT2D eigenvalue weighted by molar-refractivity contribution is 5.14. The Morgan fingerprint density at radius 3 is 2.53 bits per heavy atom. The van der Waals surface area contributed by atoms with E-state index in [0.717, 1.165) is 38.9 Å². The van der Waals surface area contributed by atoms with Gasteiger partial charge in [-0.1, -0.05) is 30.3 Å².